The summed E-state index contributed by atoms with van der Waals surface area (Å²) < 4.78 is 10.4. The van der Waals surface area contributed by atoms with E-state index < -0.39 is 0 Å². The van der Waals surface area contributed by atoms with Crippen molar-refractivity contribution < 1.29 is 19.4 Å². The SMILES string of the molecule is CCOC(=O)c1cccnc1N1CCOC(CO)C1. The van der Waals surface area contributed by atoms with E-state index in [1.54, 1.807) is 25.3 Å². The number of carbonyl (C=O) groups excluding carboxylic acids is 1. The first-order valence-corrected chi connectivity index (χ1v) is 6.35. The molecule has 0 bridgehead atoms. The molecule has 0 saturated carbocycles. The van der Waals surface area contributed by atoms with Crippen molar-refractivity contribution in [1.29, 1.82) is 0 Å². The molecular weight excluding hydrogens is 248 g/mol. The smallest absolute Gasteiger partial charge is 0.341 e. The first kappa shape index (κ1) is 13.8. The van der Waals surface area contributed by atoms with Crippen molar-refractivity contribution >= 4 is 11.8 Å². The summed E-state index contributed by atoms with van der Waals surface area (Å²) in [5.74, 6) is 0.209. The van der Waals surface area contributed by atoms with Gasteiger partial charge in [0.05, 0.1) is 25.9 Å². The molecule has 6 nitrogen and oxygen atoms in total. The monoisotopic (exact) mass is 266 g/mol. The molecule has 19 heavy (non-hydrogen) atoms. The lowest BCUT2D eigenvalue weighted by Crippen LogP contribution is -2.45. The van der Waals surface area contributed by atoms with E-state index in [0.717, 1.165) is 0 Å². The van der Waals surface area contributed by atoms with Gasteiger partial charge in [-0.2, -0.15) is 0 Å². The maximum absolute atomic E-state index is 11.9. The number of aliphatic hydroxyl groups excluding tert-OH is 1. The van der Waals surface area contributed by atoms with Crippen LogP contribution in [-0.4, -0.2) is 55.1 Å². The van der Waals surface area contributed by atoms with Gasteiger partial charge in [0.15, 0.2) is 0 Å². The molecule has 2 rings (SSSR count). The van der Waals surface area contributed by atoms with Gasteiger partial charge in [-0.3, -0.25) is 0 Å². The standard InChI is InChI=1S/C13H18N2O4/c1-2-18-13(17)11-4-3-5-14-12(11)15-6-7-19-10(8-15)9-16/h3-5,10,16H,2,6-9H2,1H3. The Morgan fingerprint density at radius 1 is 1.68 bits per heavy atom. The van der Waals surface area contributed by atoms with E-state index in [2.05, 4.69) is 4.98 Å². The number of nitrogens with zero attached hydrogens (tertiary/aromatic N) is 2. The molecule has 0 spiro atoms. The average molecular weight is 266 g/mol. The van der Waals surface area contributed by atoms with E-state index in [4.69, 9.17) is 14.6 Å². The molecule has 1 aliphatic heterocycles. The summed E-state index contributed by atoms with van der Waals surface area (Å²) >= 11 is 0. The normalized spacial score (nSPS) is 19.3. The van der Waals surface area contributed by atoms with Gasteiger partial charge in [0, 0.05) is 19.3 Å². The van der Waals surface area contributed by atoms with Crippen LogP contribution in [0, 0.1) is 0 Å². The van der Waals surface area contributed by atoms with Gasteiger partial charge in [0.1, 0.15) is 11.4 Å². The van der Waals surface area contributed by atoms with Crippen LogP contribution in [0.3, 0.4) is 0 Å². The van der Waals surface area contributed by atoms with Gasteiger partial charge in [0.25, 0.3) is 0 Å². The van der Waals surface area contributed by atoms with Gasteiger partial charge in [-0.25, -0.2) is 9.78 Å². The number of morpholine rings is 1. The zero-order valence-corrected chi connectivity index (χ0v) is 10.9. The van der Waals surface area contributed by atoms with Gasteiger partial charge in [-0.1, -0.05) is 0 Å². The minimum Gasteiger partial charge on any atom is -0.462 e. The van der Waals surface area contributed by atoms with Crippen LogP contribution < -0.4 is 4.90 Å². The molecule has 1 fully saturated rings. The highest BCUT2D eigenvalue weighted by Crippen LogP contribution is 2.20. The van der Waals surface area contributed by atoms with Crippen LogP contribution in [0.25, 0.3) is 0 Å². The Bertz CT molecular complexity index is 438. The number of ether oxygens (including phenoxy) is 2. The summed E-state index contributed by atoms with van der Waals surface area (Å²) in [6, 6.07) is 3.41. The van der Waals surface area contributed by atoms with E-state index in [0.29, 0.717) is 37.7 Å². The second kappa shape index (κ2) is 6.49. The molecule has 2 heterocycles. The van der Waals surface area contributed by atoms with Crippen LogP contribution in [0.15, 0.2) is 18.3 Å². The molecule has 1 aliphatic rings. The van der Waals surface area contributed by atoms with Crippen LogP contribution in [0.5, 0.6) is 0 Å². The van der Waals surface area contributed by atoms with E-state index in [1.165, 1.54) is 0 Å². The second-order valence-corrected chi connectivity index (χ2v) is 4.22. The third-order valence-corrected chi connectivity index (χ3v) is 2.92. The highest BCUT2D eigenvalue weighted by atomic mass is 16.5. The van der Waals surface area contributed by atoms with E-state index in [1.807, 2.05) is 4.90 Å². The lowest BCUT2D eigenvalue weighted by atomic mass is 10.2. The van der Waals surface area contributed by atoms with E-state index in [-0.39, 0.29) is 18.7 Å². The number of carbonyl (C=O) groups is 1. The molecule has 0 aromatic carbocycles. The Morgan fingerprint density at radius 3 is 3.26 bits per heavy atom. The first-order chi connectivity index (χ1) is 9.26. The lowest BCUT2D eigenvalue weighted by Gasteiger charge is -2.33. The van der Waals surface area contributed by atoms with Crippen LogP contribution >= 0.6 is 0 Å². The Morgan fingerprint density at radius 2 is 2.53 bits per heavy atom. The van der Waals surface area contributed by atoms with Gasteiger partial charge < -0.3 is 19.5 Å². The molecule has 104 valence electrons. The number of rotatable bonds is 4. The molecule has 1 unspecified atom stereocenters. The molecule has 1 aromatic heterocycles. The summed E-state index contributed by atoms with van der Waals surface area (Å²) in [5.41, 5.74) is 0.447. The summed E-state index contributed by atoms with van der Waals surface area (Å²) in [5, 5.41) is 9.15. The summed E-state index contributed by atoms with van der Waals surface area (Å²) in [4.78, 5) is 18.1. The van der Waals surface area contributed by atoms with Crippen LogP contribution in [0.1, 0.15) is 17.3 Å². The minimum absolute atomic E-state index is 0.0436. The Balaban J connectivity index is 2.21. The van der Waals surface area contributed by atoms with Crippen LogP contribution in [0.4, 0.5) is 5.82 Å². The summed E-state index contributed by atoms with van der Waals surface area (Å²) in [6.07, 6.45) is 1.40. The maximum Gasteiger partial charge on any atom is 0.341 e. The molecule has 1 N–H and O–H groups in total. The summed E-state index contributed by atoms with van der Waals surface area (Å²) in [6.45, 7) is 3.71. The van der Waals surface area contributed by atoms with Gasteiger partial charge in [-0.15, -0.1) is 0 Å². The van der Waals surface area contributed by atoms with Gasteiger partial charge >= 0.3 is 5.97 Å². The first-order valence-electron chi connectivity index (χ1n) is 6.35. The third-order valence-electron chi connectivity index (χ3n) is 2.92. The average Bonchev–Trinajstić information content (AvgIpc) is 2.47. The number of hydrogen-bond acceptors (Lipinski definition) is 6. The van der Waals surface area contributed by atoms with E-state index in [9.17, 15) is 4.79 Å². The fourth-order valence-corrected chi connectivity index (χ4v) is 2.04. The highest BCUT2D eigenvalue weighted by Gasteiger charge is 2.24. The molecule has 0 amide bonds. The van der Waals surface area contributed by atoms with E-state index >= 15 is 0 Å². The predicted octanol–water partition coefficient (Wildman–Crippen LogP) is 0.456. The predicted molar refractivity (Wildman–Crippen MR) is 69.2 cm³/mol. The highest BCUT2D eigenvalue weighted by molar-refractivity contribution is 5.94. The molecule has 0 radical (unpaired) electrons. The topological polar surface area (TPSA) is 71.9 Å². The third kappa shape index (κ3) is 3.21. The number of aromatic nitrogens is 1. The Kier molecular flexibility index (Phi) is 4.70. The molecule has 1 saturated heterocycles. The fourth-order valence-electron chi connectivity index (χ4n) is 2.04. The molecule has 6 heteroatoms. The van der Waals surface area contributed by atoms with Gasteiger partial charge in [0.2, 0.25) is 0 Å². The molecule has 1 aromatic rings. The van der Waals surface area contributed by atoms with Crippen molar-refractivity contribution in [3.8, 4) is 0 Å². The molecular formula is C13H18N2O4. The lowest BCUT2D eigenvalue weighted by molar-refractivity contribution is 0.00325. The zero-order chi connectivity index (χ0) is 13.7. The van der Waals surface area contributed by atoms with Crippen molar-refractivity contribution in [2.45, 2.75) is 13.0 Å². The van der Waals surface area contributed by atoms with Crippen molar-refractivity contribution in [3.05, 3.63) is 23.9 Å². The zero-order valence-electron chi connectivity index (χ0n) is 10.9. The van der Waals surface area contributed by atoms with Crippen molar-refractivity contribution in [2.24, 2.45) is 0 Å². The fraction of sp³-hybridized carbons (Fsp3) is 0.538. The van der Waals surface area contributed by atoms with Gasteiger partial charge in [-0.05, 0) is 19.1 Å². The minimum atomic E-state index is -0.377. The quantitative estimate of drug-likeness (QED) is 0.798. The Hall–Kier alpha value is -1.66. The molecule has 1 atom stereocenters. The number of pyridine rings is 1. The Labute approximate surface area is 112 Å². The number of aliphatic hydroxyl groups is 1. The molecule has 0 aliphatic carbocycles. The number of esters is 1. The number of hydrogen-bond donors (Lipinski definition) is 1. The second-order valence-electron chi connectivity index (χ2n) is 4.22. The number of anilines is 1. The largest absolute Gasteiger partial charge is 0.462 e. The van der Waals surface area contributed by atoms with Crippen molar-refractivity contribution in [1.82, 2.24) is 4.98 Å². The van der Waals surface area contributed by atoms with Crippen molar-refractivity contribution in [2.75, 3.05) is 37.8 Å². The van der Waals surface area contributed by atoms with Crippen molar-refractivity contribution in [3.63, 3.8) is 0 Å². The van der Waals surface area contributed by atoms with Crippen LogP contribution in [0.2, 0.25) is 0 Å². The maximum atomic E-state index is 11.9. The summed E-state index contributed by atoms with van der Waals surface area (Å²) in [7, 11) is 0. The van der Waals surface area contributed by atoms with Crippen LogP contribution in [-0.2, 0) is 9.47 Å².